The Morgan fingerprint density at radius 3 is 2.25 bits per heavy atom. The third-order valence-corrected chi connectivity index (χ3v) is 2.53. The van der Waals surface area contributed by atoms with Gasteiger partial charge in [-0.25, -0.2) is 4.79 Å². The molecule has 0 radical (unpaired) electrons. The fraction of sp³-hybridized carbons (Fsp3) is 0.462. The molecule has 0 aliphatic carbocycles. The molecular formula is C13H18O3. The summed E-state index contributed by atoms with van der Waals surface area (Å²) in [7, 11) is 1.61. The van der Waals surface area contributed by atoms with Gasteiger partial charge in [-0.05, 0) is 30.0 Å². The number of hydrogen-bond donors (Lipinski definition) is 1. The number of carboxylic acids is 1. The molecule has 1 N–H and O–H groups in total. The predicted octanol–water partition coefficient (Wildman–Crippen LogP) is 3.00. The number of hydrogen-bond acceptors (Lipinski definition) is 2. The molecule has 0 heterocycles. The van der Waals surface area contributed by atoms with Crippen LogP contribution in [0.15, 0.2) is 12.1 Å². The minimum absolute atomic E-state index is 0.137. The normalized spacial score (nSPS) is 11.3. The van der Waals surface area contributed by atoms with Crippen molar-refractivity contribution >= 4 is 5.97 Å². The van der Waals surface area contributed by atoms with Crippen molar-refractivity contribution in [2.75, 3.05) is 7.11 Å². The summed E-state index contributed by atoms with van der Waals surface area (Å²) in [5.41, 5.74) is 1.95. The Balaban J connectivity index is 3.49. The molecule has 88 valence electrons. The van der Waals surface area contributed by atoms with Crippen molar-refractivity contribution in [3.63, 3.8) is 0 Å². The van der Waals surface area contributed by atoms with Gasteiger partial charge in [0.25, 0.3) is 0 Å². The SMILES string of the molecule is COc1c(C)cc(C(=O)O)cc1C(C)(C)C. The first-order chi connectivity index (χ1) is 7.27. The molecule has 1 rings (SSSR count). The average Bonchev–Trinajstić information content (AvgIpc) is 2.14. The van der Waals surface area contributed by atoms with E-state index in [1.807, 2.05) is 27.7 Å². The molecule has 1 aromatic carbocycles. The smallest absolute Gasteiger partial charge is 0.335 e. The van der Waals surface area contributed by atoms with Gasteiger partial charge in [-0.3, -0.25) is 0 Å². The quantitative estimate of drug-likeness (QED) is 0.836. The van der Waals surface area contributed by atoms with Gasteiger partial charge in [0.05, 0.1) is 12.7 Å². The topological polar surface area (TPSA) is 46.5 Å². The van der Waals surface area contributed by atoms with E-state index in [4.69, 9.17) is 9.84 Å². The van der Waals surface area contributed by atoms with Crippen LogP contribution in [0.1, 0.15) is 42.3 Å². The second-order valence-electron chi connectivity index (χ2n) is 4.93. The van der Waals surface area contributed by atoms with Gasteiger partial charge in [-0.15, -0.1) is 0 Å². The van der Waals surface area contributed by atoms with Crippen molar-refractivity contribution in [2.24, 2.45) is 0 Å². The summed E-state index contributed by atoms with van der Waals surface area (Å²) in [5, 5.41) is 9.02. The van der Waals surface area contributed by atoms with Gasteiger partial charge in [0, 0.05) is 5.56 Å². The average molecular weight is 222 g/mol. The molecule has 0 fully saturated rings. The molecule has 0 unspecified atom stereocenters. The molecule has 1 aromatic rings. The Labute approximate surface area is 96.1 Å². The maximum absolute atomic E-state index is 11.0. The Morgan fingerprint density at radius 2 is 1.88 bits per heavy atom. The van der Waals surface area contributed by atoms with Gasteiger partial charge in [0.2, 0.25) is 0 Å². The van der Waals surface area contributed by atoms with E-state index in [1.165, 1.54) is 0 Å². The second-order valence-corrected chi connectivity index (χ2v) is 4.93. The van der Waals surface area contributed by atoms with Crippen LogP contribution in [0, 0.1) is 6.92 Å². The Bertz CT molecular complexity index is 414. The predicted molar refractivity (Wildman–Crippen MR) is 63.4 cm³/mol. The third-order valence-electron chi connectivity index (χ3n) is 2.53. The van der Waals surface area contributed by atoms with Crippen LogP contribution in [0.5, 0.6) is 5.75 Å². The Hall–Kier alpha value is -1.51. The van der Waals surface area contributed by atoms with Crippen LogP contribution in [0.25, 0.3) is 0 Å². The van der Waals surface area contributed by atoms with Crippen LogP contribution in [0.2, 0.25) is 0 Å². The molecule has 0 aromatic heterocycles. The van der Waals surface area contributed by atoms with Crippen LogP contribution in [0.3, 0.4) is 0 Å². The maximum Gasteiger partial charge on any atom is 0.335 e. The molecule has 3 nitrogen and oxygen atoms in total. The van der Waals surface area contributed by atoms with E-state index in [-0.39, 0.29) is 5.41 Å². The summed E-state index contributed by atoms with van der Waals surface area (Å²) in [6.07, 6.45) is 0. The zero-order valence-electron chi connectivity index (χ0n) is 10.4. The summed E-state index contributed by atoms with van der Waals surface area (Å²) in [4.78, 5) is 11.0. The van der Waals surface area contributed by atoms with Crippen molar-refractivity contribution in [3.8, 4) is 5.75 Å². The van der Waals surface area contributed by atoms with Gasteiger partial charge in [-0.1, -0.05) is 20.8 Å². The van der Waals surface area contributed by atoms with E-state index in [2.05, 4.69) is 0 Å². The van der Waals surface area contributed by atoms with Crippen LogP contribution < -0.4 is 4.74 Å². The highest BCUT2D eigenvalue weighted by atomic mass is 16.5. The molecule has 0 amide bonds. The molecule has 0 aliphatic heterocycles. The standard InChI is InChI=1S/C13H18O3/c1-8-6-9(12(14)15)7-10(11(8)16-5)13(2,3)4/h6-7H,1-5H3,(H,14,15). The van der Waals surface area contributed by atoms with Crippen LogP contribution in [-0.4, -0.2) is 18.2 Å². The van der Waals surface area contributed by atoms with Crippen molar-refractivity contribution < 1.29 is 14.6 Å². The summed E-state index contributed by atoms with van der Waals surface area (Å²) >= 11 is 0. The van der Waals surface area contributed by atoms with Gasteiger partial charge < -0.3 is 9.84 Å². The van der Waals surface area contributed by atoms with Gasteiger partial charge in [-0.2, -0.15) is 0 Å². The lowest BCUT2D eigenvalue weighted by Gasteiger charge is -2.23. The number of methoxy groups -OCH3 is 1. The third kappa shape index (κ3) is 2.35. The molecule has 16 heavy (non-hydrogen) atoms. The lowest BCUT2D eigenvalue weighted by Crippen LogP contribution is -2.15. The lowest BCUT2D eigenvalue weighted by molar-refractivity contribution is 0.0696. The zero-order chi connectivity index (χ0) is 12.5. The van der Waals surface area contributed by atoms with Crippen molar-refractivity contribution in [2.45, 2.75) is 33.1 Å². The van der Waals surface area contributed by atoms with E-state index in [0.29, 0.717) is 5.56 Å². The fourth-order valence-corrected chi connectivity index (χ4v) is 1.73. The second kappa shape index (κ2) is 4.16. The lowest BCUT2D eigenvalue weighted by atomic mass is 9.84. The first-order valence-corrected chi connectivity index (χ1v) is 5.19. The number of carboxylic acid groups (broad SMARTS) is 1. The molecule has 0 atom stereocenters. The van der Waals surface area contributed by atoms with E-state index < -0.39 is 5.97 Å². The molecule has 0 aliphatic rings. The van der Waals surface area contributed by atoms with Gasteiger partial charge >= 0.3 is 5.97 Å². The first-order valence-electron chi connectivity index (χ1n) is 5.19. The number of aryl methyl sites for hydroxylation is 1. The molecule has 0 saturated carbocycles. The first kappa shape index (κ1) is 12.6. The van der Waals surface area contributed by atoms with Gasteiger partial charge in [0.15, 0.2) is 0 Å². The van der Waals surface area contributed by atoms with Crippen LogP contribution in [0.4, 0.5) is 0 Å². The Kier molecular flexibility index (Phi) is 3.27. The van der Waals surface area contributed by atoms with Crippen LogP contribution >= 0.6 is 0 Å². The van der Waals surface area contributed by atoms with Gasteiger partial charge in [0.1, 0.15) is 5.75 Å². The van der Waals surface area contributed by atoms with Crippen molar-refractivity contribution in [3.05, 3.63) is 28.8 Å². The Morgan fingerprint density at radius 1 is 1.31 bits per heavy atom. The number of carbonyl (C=O) groups is 1. The molecule has 0 bridgehead atoms. The summed E-state index contributed by atoms with van der Waals surface area (Å²) < 4.78 is 5.34. The van der Waals surface area contributed by atoms with E-state index in [0.717, 1.165) is 16.9 Å². The number of aromatic carboxylic acids is 1. The molecule has 0 spiro atoms. The summed E-state index contributed by atoms with van der Waals surface area (Å²) in [5.74, 6) is -0.131. The molecule has 3 heteroatoms. The highest BCUT2D eigenvalue weighted by Crippen LogP contribution is 2.34. The number of ether oxygens (including phenoxy) is 1. The minimum atomic E-state index is -0.906. The van der Waals surface area contributed by atoms with Crippen molar-refractivity contribution in [1.82, 2.24) is 0 Å². The minimum Gasteiger partial charge on any atom is -0.496 e. The summed E-state index contributed by atoms with van der Waals surface area (Å²) in [6.45, 7) is 7.97. The largest absolute Gasteiger partial charge is 0.496 e. The monoisotopic (exact) mass is 222 g/mol. The van der Waals surface area contributed by atoms with E-state index >= 15 is 0 Å². The zero-order valence-corrected chi connectivity index (χ0v) is 10.4. The highest BCUT2D eigenvalue weighted by Gasteiger charge is 2.22. The molecular weight excluding hydrogens is 204 g/mol. The number of benzene rings is 1. The number of rotatable bonds is 2. The maximum atomic E-state index is 11.0. The highest BCUT2D eigenvalue weighted by molar-refractivity contribution is 5.88. The molecule has 0 saturated heterocycles. The summed E-state index contributed by atoms with van der Waals surface area (Å²) in [6, 6.07) is 3.32. The van der Waals surface area contributed by atoms with E-state index in [9.17, 15) is 4.79 Å². The van der Waals surface area contributed by atoms with E-state index in [1.54, 1.807) is 19.2 Å². The van der Waals surface area contributed by atoms with Crippen molar-refractivity contribution in [1.29, 1.82) is 0 Å². The van der Waals surface area contributed by atoms with Crippen LogP contribution in [-0.2, 0) is 5.41 Å². The fourth-order valence-electron chi connectivity index (χ4n) is 1.73.